The molecule has 2 rings (SSSR count). The highest BCUT2D eigenvalue weighted by atomic mass is 19.1. The van der Waals surface area contributed by atoms with E-state index in [0.717, 1.165) is 58.2 Å². The van der Waals surface area contributed by atoms with Gasteiger partial charge in [0.25, 0.3) is 0 Å². The smallest absolute Gasteiger partial charge is 0.191 e. The maximum absolute atomic E-state index is 12.9. The van der Waals surface area contributed by atoms with Gasteiger partial charge in [-0.15, -0.1) is 0 Å². The highest BCUT2D eigenvalue weighted by Crippen LogP contribution is 2.12. The molecule has 1 saturated heterocycles. The molecule has 1 unspecified atom stereocenters. The number of halogens is 1. The second kappa shape index (κ2) is 12.6. The maximum Gasteiger partial charge on any atom is 0.191 e. The van der Waals surface area contributed by atoms with Gasteiger partial charge in [-0.1, -0.05) is 13.8 Å². The van der Waals surface area contributed by atoms with E-state index < -0.39 is 0 Å². The van der Waals surface area contributed by atoms with Crippen molar-refractivity contribution in [2.75, 3.05) is 53.0 Å². The number of aliphatic imine (C=N–C) groups is 1. The second-order valence-corrected chi connectivity index (χ2v) is 7.35. The fraction of sp³-hybridized carbons (Fsp3) is 0.667. The van der Waals surface area contributed by atoms with Crippen LogP contribution >= 0.6 is 0 Å². The number of ether oxygens (including phenoxy) is 2. The Morgan fingerprint density at radius 3 is 2.54 bits per heavy atom. The van der Waals surface area contributed by atoms with Crippen LogP contribution in [0.25, 0.3) is 0 Å². The van der Waals surface area contributed by atoms with E-state index in [0.29, 0.717) is 24.3 Å². The third kappa shape index (κ3) is 8.02. The molecular formula is C21H35FN4O2. The number of nitrogens with zero attached hydrogens (tertiary/aromatic N) is 2. The Kier molecular flexibility index (Phi) is 10.1. The van der Waals surface area contributed by atoms with Gasteiger partial charge in [0.05, 0.1) is 19.8 Å². The van der Waals surface area contributed by atoms with Crippen LogP contribution in [0.3, 0.4) is 0 Å². The molecule has 0 aliphatic carbocycles. The van der Waals surface area contributed by atoms with E-state index in [1.54, 1.807) is 19.2 Å². The molecule has 1 aromatic rings. The summed E-state index contributed by atoms with van der Waals surface area (Å²) in [5, 5.41) is 6.82. The number of morpholine rings is 1. The van der Waals surface area contributed by atoms with Crippen LogP contribution in [-0.2, 0) is 4.74 Å². The van der Waals surface area contributed by atoms with Gasteiger partial charge < -0.3 is 20.1 Å². The summed E-state index contributed by atoms with van der Waals surface area (Å²) < 4.78 is 23.9. The molecule has 6 nitrogen and oxygen atoms in total. The quantitative estimate of drug-likeness (QED) is 0.363. The van der Waals surface area contributed by atoms with Gasteiger partial charge in [-0.2, -0.15) is 0 Å². The van der Waals surface area contributed by atoms with E-state index >= 15 is 0 Å². The molecule has 0 bridgehead atoms. The van der Waals surface area contributed by atoms with Crippen LogP contribution in [0.1, 0.15) is 26.7 Å². The van der Waals surface area contributed by atoms with E-state index in [1.165, 1.54) is 12.1 Å². The lowest BCUT2D eigenvalue weighted by Crippen LogP contribution is -2.52. The standard InChI is InChI=1S/C21H35FN4O2/c1-17(2)20(26-11-14-27-15-12-26)16-25-21(23-3)24-10-4-5-13-28-19-8-6-18(22)7-9-19/h6-9,17,20H,4-5,10-16H2,1-3H3,(H2,23,24,25). The summed E-state index contributed by atoms with van der Waals surface area (Å²) in [4.78, 5) is 6.82. The first kappa shape index (κ1) is 22.4. The predicted octanol–water partition coefficient (Wildman–Crippen LogP) is 2.51. The normalized spacial score (nSPS) is 16.8. The van der Waals surface area contributed by atoms with Gasteiger partial charge in [0, 0.05) is 39.3 Å². The average Bonchev–Trinajstić information content (AvgIpc) is 2.71. The van der Waals surface area contributed by atoms with Crippen LogP contribution in [0, 0.1) is 11.7 Å². The van der Waals surface area contributed by atoms with Crippen LogP contribution in [0.2, 0.25) is 0 Å². The van der Waals surface area contributed by atoms with Crippen molar-refractivity contribution in [1.82, 2.24) is 15.5 Å². The third-order valence-electron chi connectivity index (χ3n) is 4.93. The monoisotopic (exact) mass is 394 g/mol. The summed E-state index contributed by atoms with van der Waals surface area (Å²) in [6, 6.07) is 6.59. The largest absolute Gasteiger partial charge is 0.494 e. The zero-order chi connectivity index (χ0) is 20.2. The first-order valence-electron chi connectivity index (χ1n) is 10.2. The zero-order valence-corrected chi connectivity index (χ0v) is 17.4. The summed E-state index contributed by atoms with van der Waals surface area (Å²) in [5.41, 5.74) is 0. The molecule has 1 fully saturated rings. The highest BCUT2D eigenvalue weighted by Gasteiger charge is 2.23. The summed E-state index contributed by atoms with van der Waals surface area (Å²) in [6.45, 7) is 10.5. The number of hydrogen-bond acceptors (Lipinski definition) is 4. The van der Waals surface area contributed by atoms with Crippen LogP contribution in [0.5, 0.6) is 5.75 Å². The first-order valence-corrected chi connectivity index (χ1v) is 10.2. The van der Waals surface area contributed by atoms with Crippen molar-refractivity contribution >= 4 is 5.96 Å². The topological polar surface area (TPSA) is 58.1 Å². The predicted molar refractivity (Wildman–Crippen MR) is 112 cm³/mol. The number of benzene rings is 1. The molecular weight excluding hydrogens is 359 g/mol. The Balaban J connectivity index is 1.61. The summed E-state index contributed by atoms with van der Waals surface area (Å²) >= 11 is 0. The number of guanidine groups is 1. The molecule has 0 radical (unpaired) electrons. The first-order chi connectivity index (χ1) is 13.6. The van der Waals surface area contributed by atoms with Crippen molar-refractivity contribution in [2.45, 2.75) is 32.7 Å². The van der Waals surface area contributed by atoms with Crippen LogP contribution < -0.4 is 15.4 Å². The molecule has 1 aromatic carbocycles. The maximum atomic E-state index is 12.9. The summed E-state index contributed by atoms with van der Waals surface area (Å²) in [5.74, 6) is 1.85. The Morgan fingerprint density at radius 2 is 1.89 bits per heavy atom. The zero-order valence-electron chi connectivity index (χ0n) is 17.4. The molecule has 0 amide bonds. The minimum absolute atomic E-state index is 0.247. The SMILES string of the molecule is CN=C(NCCCCOc1ccc(F)cc1)NCC(C(C)C)N1CCOCC1. The number of hydrogen-bond donors (Lipinski definition) is 2. The van der Waals surface area contributed by atoms with Crippen molar-refractivity contribution in [3.05, 3.63) is 30.1 Å². The number of nitrogens with one attached hydrogen (secondary N) is 2. The molecule has 0 aromatic heterocycles. The van der Waals surface area contributed by atoms with Gasteiger partial charge in [-0.05, 0) is 43.0 Å². The van der Waals surface area contributed by atoms with E-state index in [4.69, 9.17) is 9.47 Å². The van der Waals surface area contributed by atoms with Gasteiger partial charge in [0.1, 0.15) is 11.6 Å². The summed E-state index contributed by atoms with van der Waals surface area (Å²) in [7, 11) is 1.80. The van der Waals surface area contributed by atoms with E-state index in [-0.39, 0.29) is 5.82 Å². The van der Waals surface area contributed by atoms with Crippen molar-refractivity contribution in [3.63, 3.8) is 0 Å². The second-order valence-electron chi connectivity index (χ2n) is 7.35. The number of unbranched alkanes of at least 4 members (excludes halogenated alkanes) is 1. The minimum Gasteiger partial charge on any atom is -0.494 e. The lowest BCUT2D eigenvalue weighted by molar-refractivity contribution is 0.00752. The van der Waals surface area contributed by atoms with Crippen molar-refractivity contribution in [3.8, 4) is 5.75 Å². The van der Waals surface area contributed by atoms with Crippen LogP contribution in [-0.4, -0.2) is 69.9 Å². The average molecular weight is 395 g/mol. The van der Waals surface area contributed by atoms with Gasteiger partial charge in [0.15, 0.2) is 5.96 Å². The molecule has 2 N–H and O–H groups in total. The molecule has 1 aliphatic heterocycles. The molecule has 1 atom stereocenters. The van der Waals surface area contributed by atoms with E-state index in [1.807, 2.05) is 0 Å². The molecule has 0 spiro atoms. The van der Waals surface area contributed by atoms with Gasteiger partial charge in [-0.3, -0.25) is 9.89 Å². The Labute approximate surface area is 168 Å². The molecule has 158 valence electrons. The number of rotatable bonds is 10. The Morgan fingerprint density at radius 1 is 1.18 bits per heavy atom. The van der Waals surface area contributed by atoms with Crippen LogP contribution in [0.15, 0.2) is 29.3 Å². The minimum atomic E-state index is -0.247. The van der Waals surface area contributed by atoms with Crippen molar-refractivity contribution in [2.24, 2.45) is 10.9 Å². The van der Waals surface area contributed by atoms with Crippen molar-refractivity contribution < 1.29 is 13.9 Å². The highest BCUT2D eigenvalue weighted by molar-refractivity contribution is 5.79. The lowest BCUT2D eigenvalue weighted by atomic mass is 10.0. The lowest BCUT2D eigenvalue weighted by Gasteiger charge is -2.37. The molecule has 0 saturated carbocycles. The molecule has 1 aliphatic rings. The van der Waals surface area contributed by atoms with Gasteiger partial charge in [-0.25, -0.2) is 4.39 Å². The van der Waals surface area contributed by atoms with Crippen LogP contribution in [0.4, 0.5) is 4.39 Å². The Bertz CT molecular complexity index is 574. The fourth-order valence-corrected chi connectivity index (χ4v) is 3.27. The molecule has 7 heteroatoms. The van der Waals surface area contributed by atoms with Gasteiger partial charge >= 0.3 is 0 Å². The molecule has 28 heavy (non-hydrogen) atoms. The van der Waals surface area contributed by atoms with E-state index in [2.05, 4.69) is 34.4 Å². The van der Waals surface area contributed by atoms with Gasteiger partial charge in [0.2, 0.25) is 0 Å². The van der Waals surface area contributed by atoms with Crippen molar-refractivity contribution in [1.29, 1.82) is 0 Å². The third-order valence-corrected chi connectivity index (χ3v) is 4.93. The molecule has 1 heterocycles. The van der Waals surface area contributed by atoms with E-state index in [9.17, 15) is 4.39 Å². The summed E-state index contributed by atoms with van der Waals surface area (Å²) in [6.07, 6.45) is 1.89. The Hall–Kier alpha value is -1.86. The fourth-order valence-electron chi connectivity index (χ4n) is 3.27.